The lowest BCUT2D eigenvalue weighted by Gasteiger charge is -2.17. The van der Waals surface area contributed by atoms with Crippen LogP contribution in [0.5, 0.6) is 0 Å². The number of rotatable bonds is 4. The summed E-state index contributed by atoms with van der Waals surface area (Å²) in [5, 5.41) is 3.20. The Morgan fingerprint density at radius 2 is 2.00 bits per heavy atom. The number of anilines is 1. The third-order valence-electron chi connectivity index (χ3n) is 2.82. The van der Waals surface area contributed by atoms with Crippen LogP contribution >= 0.6 is 0 Å². The summed E-state index contributed by atoms with van der Waals surface area (Å²) in [6, 6.07) is 3.86. The molecule has 0 aliphatic carbocycles. The number of ether oxygens (including phenoxy) is 1. The molecule has 17 heavy (non-hydrogen) atoms. The van der Waals surface area contributed by atoms with Crippen molar-refractivity contribution in [2.75, 3.05) is 11.9 Å². The van der Waals surface area contributed by atoms with Crippen LogP contribution in [0.3, 0.4) is 0 Å². The van der Waals surface area contributed by atoms with Gasteiger partial charge in [-0.05, 0) is 57.4 Å². The second kappa shape index (κ2) is 5.71. The number of esters is 1. The van der Waals surface area contributed by atoms with Crippen molar-refractivity contribution in [3.8, 4) is 0 Å². The molecule has 0 saturated heterocycles. The van der Waals surface area contributed by atoms with Gasteiger partial charge in [0.1, 0.15) is 6.04 Å². The van der Waals surface area contributed by atoms with E-state index in [1.807, 2.05) is 20.8 Å². The number of carbonyl (C=O) groups is 1. The molecule has 1 aromatic carbocycles. The van der Waals surface area contributed by atoms with E-state index in [2.05, 4.69) is 31.3 Å². The van der Waals surface area contributed by atoms with Crippen molar-refractivity contribution in [3.05, 3.63) is 28.8 Å². The Balaban J connectivity index is 2.84. The van der Waals surface area contributed by atoms with E-state index in [9.17, 15) is 4.79 Å². The van der Waals surface area contributed by atoms with Crippen LogP contribution in [0.25, 0.3) is 0 Å². The fourth-order valence-electron chi connectivity index (χ4n) is 1.75. The van der Waals surface area contributed by atoms with Gasteiger partial charge in [0.15, 0.2) is 0 Å². The zero-order valence-corrected chi connectivity index (χ0v) is 11.3. The van der Waals surface area contributed by atoms with E-state index in [1.54, 1.807) is 0 Å². The minimum absolute atomic E-state index is 0.217. The highest BCUT2D eigenvalue weighted by atomic mass is 16.5. The predicted molar refractivity (Wildman–Crippen MR) is 70.4 cm³/mol. The molecule has 0 radical (unpaired) electrons. The lowest BCUT2D eigenvalue weighted by molar-refractivity contribution is -0.143. The first-order valence-corrected chi connectivity index (χ1v) is 5.96. The molecule has 0 aromatic heterocycles. The number of hydrogen-bond donors (Lipinski definition) is 1. The van der Waals surface area contributed by atoms with Crippen molar-refractivity contribution in [2.45, 2.75) is 40.7 Å². The van der Waals surface area contributed by atoms with Gasteiger partial charge in [-0.2, -0.15) is 0 Å². The van der Waals surface area contributed by atoms with Gasteiger partial charge in [0.05, 0.1) is 6.61 Å². The largest absolute Gasteiger partial charge is 0.464 e. The van der Waals surface area contributed by atoms with Gasteiger partial charge in [0.2, 0.25) is 0 Å². The van der Waals surface area contributed by atoms with E-state index in [1.165, 1.54) is 16.7 Å². The molecular formula is C14H21NO2. The first kappa shape index (κ1) is 13.6. The highest BCUT2D eigenvalue weighted by Gasteiger charge is 2.14. The molecule has 1 atom stereocenters. The number of aryl methyl sites for hydroxylation is 2. The summed E-state index contributed by atoms with van der Waals surface area (Å²) >= 11 is 0. The molecule has 0 amide bonds. The Bertz CT molecular complexity index is 413. The maximum absolute atomic E-state index is 11.5. The summed E-state index contributed by atoms with van der Waals surface area (Å²) in [6.45, 7) is 10.2. The van der Waals surface area contributed by atoms with E-state index in [0.29, 0.717) is 6.61 Å². The van der Waals surface area contributed by atoms with Crippen LogP contribution in [-0.2, 0) is 9.53 Å². The second-order valence-electron chi connectivity index (χ2n) is 4.37. The van der Waals surface area contributed by atoms with Gasteiger partial charge in [-0.3, -0.25) is 0 Å². The Morgan fingerprint density at radius 3 is 2.59 bits per heavy atom. The number of benzene rings is 1. The van der Waals surface area contributed by atoms with Crippen molar-refractivity contribution >= 4 is 11.7 Å². The van der Waals surface area contributed by atoms with Crippen LogP contribution < -0.4 is 5.32 Å². The van der Waals surface area contributed by atoms with Crippen LogP contribution in [0.15, 0.2) is 12.1 Å². The molecule has 3 nitrogen and oxygen atoms in total. The number of hydrogen-bond acceptors (Lipinski definition) is 3. The third kappa shape index (κ3) is 3.48. The Morgan fingerprint density at radius 1 is 1.35 bits per heavy atom. The van der Waals surface area contributed by atoms with Crippen LogP contribution in [0.4, 0.5) is 5.69 Å². The molecule has 0 heterocycles. The quantitative estimate of drug-likeness (QED) is 0.815. The summed E-state index contributed by atoms with van der Waals surface area (Å²) in [7, 11) is 0. The lowest BCUT2D eigenvalue weighted by atomic mass is 10.0. The highest BCUT2D eigenvalue weighted by molar-refractivity contribution is 5.79. The first-order valence-electron chi connectivity index (χ1n) is 5.96. The average Bonchev–Trinajstić information content (AvgIpc) is 2.25. The fraction of sp³-hybridized carbons (Fsp3) is 0.500. The summed E-state index contributed by atoms with van der Waals surface area (Å²) in [5.41, 5.74) is 4.59. The van der Waals surface area contributed by atoms with E-state index in [0.717, 1.165) is 5.69 Å². The van der Waals surface area contributed by atoms with Crippen molar-refractivity contribution in [1.82, 2.24) is 0 Å². The molecule has 94 valence electrons. The average molecular weight is 235 g/mol. The first-order chi connectivity index (χ1) is 7.95. The summed E-state index contributed by atoms with van der Waals surface area (Å²) in [4.78, 5) is 11.5. The molecule has 1 aromatic rings. The Hall–Kier alpha value is -1.51. The topological polar surface area (TPSA) is 38.3 Å². The van der Waals surface area contributed by atoms with Gasteiger partial charge in [-0.15, -0.1) is 0 Å². The lowest BCUT2D eigenvalue weighted by Crippen LogP contribution is -2.28. The zero-order chi connectivity index (χ0) is 13.0. The summed E-state index contributed by atoms with van der Waals surface area (Å²) < 4.78 is 4.97. The number of carbonyl (C=O) groups excluding carboxylic acids is 1. The molecule has 0 aliphatic rings. The summed E-state index contributed by atoms with van der Waals surface area (Å²) in [5.74, 6) is -0.217. The standard InChI is InChI=1S/C14H21NO2/c1-6-17-14(16)12(5)15-13-8-9(2)7-10(3)11(13)4/h7-8,12,15H,6H2,1-5H3/t12-/m0/s1. The van der Waals surface area contributed by atoms with Crippen LogP contribution in [0.2, 0.25) is 0 Å². The molecule has 1 rings (SSSR count). The maximum Gasteiger partial charge on any atom is 0.328 e. The molecule has 3 heteroatoms. The maximum atomic E-state index is 11.5. The van der Waals surface area contributed by atoms with Gasteiger partial charge < -0.3 is 10.1 Å². The SMILES string of the molecule is CCOC(=O)[C@H](C)Nc1cc(C)cc(C)c1C. The monoisotopic (exact) mass is 235 g/mol. The Labute approximate surface area is 103 Å². The summed E-state index contributed by atoms with van der Waals surface area (Å²) in [6.07, 6.45) is 0. The smallest absolute Gasteiger partial charge is 0.328 e. The van der Waals surface area contributed by atoms with Gasteiger partial charge in [0, 0.05) is 5.69 Å². The van der Waals surface area contributed by atoms with E-state index in [4.69, 9.17) is 4.74 Å². The van der Waals surface area contributed by atoms with Crippen LogP contribution in [0, 0.1) is 20.8 Å². The molecule has 0 saturated carbocycles. The normalized spacial score (nSPS) is 12.1. The van der Waals surface area contributed by atoms with Crippen molar-refractivity contribution < 1.29 is 9.53 Å². The minimum atomic E-state index is -0.324. The minimum Gasteiger partial charge on any atom is -0.464 e. The van der Waals surface area contributed by atoms with Crippen LogP contribution in [0.1, 0.15) is 30.5 Å². The molecule has 0 unspecified atom stereocenters. The van der Waals surface area contributed by atoms with E-state index in [-0.39, 0.29) is 12.0 Å². The molecular weight excluding hydrogens is 214 g/mol. The van der Waals surface area contributed by atoms with Crippen molar-refractivity contribution in [1.29, 1.82) is 0 Å². The third-order valence-corrected chi connectivity index (χ3v) is 2.82. The van der Waals surface area contributed by atoms with E-state index < -0.39 is 0 Å². The fourth-order valence-corrected chi connectivity index (χ4v) is 1.75. The molecule has 0 aliphatic heterocycles. The Kier molecular flexibility index (Phi) is 4.55. The van der Waals surface area contributed by atoms with Gasteiger partial charge in [0.25, 0.3) is 0 Å². The van der Waals surface area contributed by atoms with Gasteiger partial charge >= 0.3 is 5.97 Å². The second-order valence-corrected chi connectivity index (χ2v) is 4.37. The van der Waals surface area contributed by atoms with Crippen molar-refractivity contribution in [2.24, 2.45) is 0 Å². The zero-order valence-electron chi connectivity index (χ0n) is 11.3. The highest BCUT2D eigenvalue weighted by Crippen LogP contribution is 2.21. The molecule has 0 fully saturated rings. The van der Waals surface area contributed by atoms with Crippen LogP contribution in [-0.4, -0.2) is 18.6 Å². The molecule has 1 N–H and O–H groups in total. The van der Waals surface area contributed by atoms with Gasteiger partial charge in [-0.25, -0.2) is 4.79 Å². The van der Waals surface area contributed by atoms with E-state index >= 15 is 0 Å². The molecule has 0 bridgehead atoms. The molecule has 0 spiro atoms. The van der Waals surface area contributed by atoms with Gasteiger partial charge in [-0.1, -0.05) is 6.07 Å². The van der Waals surface area contributed by atoms with Crippen molar-refractivity contribution in [3.63, 3.8) is 0 Å². The predicted octanol–water partition coefficient (Wildman–Crippen LogP) is 2.98. The number of nitrogens with one attached hydrogen (secondary N) is 1.